The van der Waals surface area contributed by atoms with E-state index in [2.05, 4.69) is 27.1 Å². The summed E-state index contributed by atoms with van der Waals surface area (Å²) < 4.78 is 4.83. The van der Waals surface area contributed by atoms with Gasteiger partial charge in [0.25, 0.3) is 0 Å². The Morgan fingerprint density at radius 3 is 2.67 bits per heavy atom. The molecule has 0 bridgehead atoms. The molecule has 0 spiro atoms. The number of pyridine rings is 1. The van der Waals surface area contributed by atoms with Crippen molar-refractivity contribution in [2.24, 2.45) is 5.92 Å². The average Bonchev–Trinajstić information content (AvgIpc) is 3.22. The molecule has 9 nitrogen and oxygen atoms in total. The highest BCUT2D eigenvalue weighted by Crippen LogP contribution is 2.28. The molecule has 4 heterocycles. The van der Waals surface area contributed by atoms with Crippen LogP contribution in [0.2, 0.25) is 0 Å². The predicted molar refractivity (Wildman–Crippen MR) is 122 cm³/mol. The first-order chi connectivity index (χ1) is 16.0. The summed E-state index contributed by atoms with van der Waals surface area (Å²) in [4.78, 5) is 48.3. The van der Waals surface area contributed by atoms with Crippen molar-refractivity contribution in [2.45, 2.75) is 56.8 Å². The Hall–Kier alpha value is -2.52. The molecule has 3 saturated heterocycles. The van der Waals surface area contributed by atoms with Crippen molar-refractivity contribution in [2.75, 3.05) is 40.3 Å². The Morgan fingerprint density at radius 2 is 1.97 bits per heavy atom. The molecular formula is C24H35N5O4. The zero-order valence-corrected chi connectivity index (χ0v) is 19.6. The number of aromatic nitrogens is 1. The molecule has 33 heavy (non-hydrogen) atoms. The lowest BCUT2D eigenvalue weighted by Gasteiger charge is -2.34. The lowest BCUT2D eigenvalue weighted by molar-refractivity contribution is -0.149. The van der Waals surface area contributed by atoms with E-state index in [1.807, 2.05) is 23.1 Å². The number of carbonyl (C=O) groups excluding carboxylic acids is 3. The fourth-order valence-corrected chi connectivity index (χ4v) is 5.51. The highest BCUT2D eigenvalue weighted by Gasteiger charge is 2.45. The van der Waals surface area contributed by atoms with Crippen molar-refractivity contribution < 1.29 is 19.1 Å². The van der Waals surface area contributed by atoms with Crippen molar-refractivity contribution in [1.82, 2.24) is 25.0 Å². The third kappa shape index (κ3) is 5.35. The van der Waals surface area contributed by atoms with Crippen LogP contribution in [0, 0.1) is 5.92 Å². The normalized spacial score (nSPS) is 27.0. The van der Waals surface area contributed by atoms with Gasteiger partial charge in [-0.3, -0.25) is 29.2 Å². The summed E-state index contributed by atoms with van der Waals surface area (Å²) in [5, 5.41) is 3.12. The molecule has 3 aliphatic rings. The summed E-state index contributed by atoms with van der Waals surface area (Å²) in [5.41, 5.74) is 0.968. The van der Waals surface area contributed by atoms with Gasteiger partial charge in [-0.15, -0.1) is 0 Å². The fourth-order valence-electron chi connectivity index (χ4n) is 5.51. The van der Waals surface area contributed by atoms with Crippen LogP contribution in [-0.2, 0) is 25.7 Å². The summed E-state index contributed by atoms with van der Waals surface area (Å²) in [6.07, 6.45) is 5.18. The number of likely N-dealkylation sites (N-methyl/N-ethyl adjacent to an activating group) is 1. The number of piperidine rings is 1. The maximum absolute atomic E-state index is 13.0. The highest BCUT2D eigenvalue weighted by atomic mass is 16.5. The van der Waals surface area contributed by atoms with Crippen LogP contribution in [0.1, 0.15) is 37.8 Å². The summed E-state index contributed by atoms with van der Waals surface area (Å²) in [6.45, 7) is 3.27. The number of ether oxygens (including phenoxy) is 1. The number of hydrogen-bond donors (Lipinski definition) is 1. The number of likely N-dealkylation sites (tertiary alicyclic amines) is 2. The van der Waals surface area contributed by atoms with Gasteiger partial charge in [-0.1, -0.05) is 6.07 Å². The van der Waals surface area contributed by atoms with Crippen LogP contribution >= 0.6 is 0 Å². The minimum absolute atomic E-state index is 0.0685. The summed E-state index contributed by atoms with van der Waals surface area (Å²) in [5.74, 6) is -0.0854. The van der Waals surface area contributed by atoms with E-state index in [1.165, 1.54) is 7.11 Å². The van der Waals surface area contributed by atoms with E-state index in [-0.39, 0.29) is 41.8 Å². The predicted octanol–water partition coefficient (Wildman–Crippen LogP) is 0.647. The van der Waals surface area contributed by atoms with Crippen LogP contribution in [-0.4, -0.2) is 95.9 Å². The molecule has 3 aliphatic heterocycles. The molecule has 0 radical (unpaired) electrons. The molecule has 2 amide bonds. The minimum atomic E-state index is -0.199. The van der Waals surface area contributed by atoms with E-state index >= 15 is 0 Å². The second-order valence-corrected chi connectivity index (χ2v) is 9.37. The van der Waals surface area contributed by atoms with E-state index < -0.39 is 0 Å². The largest absolute Gasteiger partial charge is 0.469 e. The topological polar surface area (TPSA) is 95.1 Å². The summed E-state index contributed by atoms with van der Waals surface area (Å²) in [7, 11) is 3.49. The Balaban J connectivity index is 1.31. The van der Waals surface area contributed by atoms with Gasteiger partial charge >= 0.3 is 5.97 Å². The molecule has 0 aromatic carbocycles. The maximum Gasteiger partial charge on any atom is 0.308 e. The number of amides is 2. The fraction of sp³-hybridized carbons (Fsp3) is 0.667. The van der Waals surface area contributed by atoms with Crippen LogP contribution in [0.3, 0.4) is 0 Å². The van der Waals surface area contributed by atoms with Crippen LogP contribution in [0.25, 0.3) is 0 Å². The first-order valence-electron chi connectivity index (χ1n) is 12.0. The summed E-state index contributed by atoms with van der Waals surface area (Å²) in [6, 6.07) is 5.92. The first-order valence-corrected chi connectivity index (χ1v) is 12.0. The molecule has 3 atom stereocenters. The second-order valence-electron chi connectivity index (χ2n) is 9.37. The van der Waals surface area contributed by atoms with E-state index in [1.54, 1.807) is 6.20 Å². The van der Waals surface area contributed by atoms with E-state index in [9.17, 15) is 14.4 Å². The van der Waals surface area contributed by atoms with Gasteiger partial charge < -0.3 is 15.0 Å². The standard InChI is InChI=1S/C24H35N5O4/c1-27-19(6-7-21(30)28-12-8-17(9-13-28)24(32)33-2)15-26-23(31)22-20(27)10-14-29(22)16-18-5-3-4-11-25-18/h3-5,11,17,19-20,22H,6-10,12-16H2,1-2H3,(H,26,31)/t19-,20-,22-/m0/s1. The molecule has 1 N–H and O–H groups in total. The molecule has 9 heteroatoms. The van der Waals surface area contributed by atoms with E-state index in [0.717, 1.165) is 18.7 Å². The zero-order chi connectivity index (χ0) is 23.4. The van der Waals surface area contributed by atoms with Crippen molar-refractivity contribution >= 4 is 17.8 Å². The van der Waals surface area contributed by atoms with Crippen LogP contribution in [0.4, 0.5) is 0 Å². The van der Waals surface area contributed by atoms with Gasteiger partial charge in [0.1, 0.15) is 6.04 Å². The van der Waals surface area contributed by atoms with Gasteiger partial charge in [-0.2, -0.15) is 0 Å². The number of nitrogens with zero attached hydrogens (tertiary/aromatic N) is 4. The first kappa shape index (κ1) is 23.6. The van der Waals surface area contributed by atoms with Crippen LogP contribution in [0.15, 0.2) is 24.4 Å². The van der Waals surface area contributed by atoms with Gasteiger partial charge in [0.15, 0.2) is 0 Å². The van der Waals surface area contributed by atoms with Gasteiger partial charge in [0.05, 0.1) is 18.7 Å². The number of nitrogens with one attached hydrogen (secondary N) is 1. The minimum Gasteiger partial charge on any atom is -0.469 e. The molecule has 3 fully saturated rings. The maximum atomic E-state index is 13.0. The third-order valence-corrected chi connectivity index (χ3v) is 7.51. The Kier molecular flexibility index (Phi) is 7.60. The quantitative estimate of drug-likeness (QED) is 0.627. The number of rotatable bonds is 6. The average molecular weight is 458 g/mol. The van der Waals surface area contributed by atoms with E-state index in [4.69, 9.17) is 4.74 Å². The third-order valence-electron chi connectivity index (χ3n) is 7.51. The second kappa shape index (κ2) is 10.6. The molecule has 0 saturated carbocycles. The van der Waals surface area contributed by atoms with Crippen molar-refractivity contribution in [3.63, 3.8) is 0 Å². The SMILES string of the molecule is COC(=O)C1CCN(C(=O)CC[C@H]2CNC(=O)[C@@H]3[C@H](CCN3Cc3ccccn3)N2C)CC1. The van der Waals surface area contributed by atoms with Crippen molar-refractivity contribution in [1.29, 1.82) is 0 Å². The van der Waals surface area contributed by atoms with E-state index in [0.29, 0.717) is 51.9 Å². The van der Waals surface area contributed by atoms with Gasteiger partial charge in [0.2, 0.25) is 11.8 Å². The summed E-state index contributed by atoms with van der Waals surface area (Å²) >= 11 is 0. The lowest BCUT2D eigenvalue weighted by Crippen LogP contribution is -2.49. The lowest BCUT2D eigenvalue weighted by atomic mass is 9.96. The Morgan fingerprint density at radius 1 is 1.18 bits per heavy atom. The van der Waals surface area contributed by atoms with Crippen LogP contribution < -0.4 is 5.32 Å². The Labute approximate surface area is 195 Å². The number of carbonyl (C=O) groups is 3. The van der Waals surface area contributed by atoms with Gasteiger partial charge in [-0.05, 0) is 44.9 Å². The molecule has 0 unspecified atom stereocenters. The molecule has 0 aliphatic carbocycles. The Bertz CT molecular complexity index is 843. The molecule has 1 aromatic heterocycles. The monoisotopic (exact) mass is 457 g/mol. The van der Waals surface area contributed by atoms with Crippen LogP contribution in [0.5, 0.6) is 0 Å². The number of hydrogen-bond acceptors (Lipinski definition) is 7. The van der Waals surface area contributed by atoms with Gasteiger partial charge in [-0.25, -0.2) is 0 Å². The van der Waals surface area contributed by atoms with Crippen molar-refractivity contribution in [3.05, 3.63) is 30.1 Å². The molecule has 1 aromatic rings. The number of methoxy groups -OCH3 is 1. The molecule has 180 valence electrons. The van der Waals surface area contributed by atoms with Gasteiger partial charge in [0, 0.05) is 57.4 Å². The molecular weight excluding hydrogens is 422 g/mol. The van der Waals surface area contributed by atoms with Crippen molar-refractivity contribution in [3.8, 4) is 0 Å². The number of esters is 1. The smallest absolute Gasteiger partial charge is 0.308 e. The number of fused-ring (bicyclic) bond motifs is 1. The highest BCUT2D eigenvalue weighted by molar-refractivity contribution is 5.83. The molecule has 4 rings (SSSR count). The zero-order valence-electron chi connectivity index (χ0n) is 19.6.